The van der Waals surface area contributed by atoms with Crippen molar-refractivity contribution in [1.82, 2.24) is 5.32 Å². The lowest BCUT2D eigenvalue weighted by Gasteiger charge is -2.21. The molecule has 0 amide bonds. The minimum atomic E-state index is 0.412. The first kappa shape index (κ1) is 10.8. The highest BCUT2D eigenvalue weighted by Crippen LogP contribution is 2.22. The molecule has 0 bridgehead atoms. The van der Waals surface area contributed by atoms with Gasteiger partial charge in [0.25, 0.3) is 0 Å². The van der Waals surface area contributed by atoms with Crippen LogP contribution < -0.4 is 5.32 Å². The van der Waals surface area contributed by atoms with Crippen molar-refractivity contribution >= 4 is 0 Å². The van der Waals surface area contributed by atoms with Gasteiger partial charge in [-0.3, -0.25) is 0 Å². The molecule has 1 unspecified atom stereocenters. The second-order valence-electron chi connectivity index (χ2n) is 3.94. The topological polar surface area (TPSA) is 12.0 Å². The van der Waals surface area contributed by atoms with Crippen LogP contribution in [0.3, 0.4) is 0 Å². The van der Waals surface area contributed by atoms with Crippen LogP contribution in [0.15, 0.2) is 48.7 Å². The molecule has 76 valence electrons. The smallest absolute Gasteiger partial charge is 0.0204 e. The first-order chi connectivity index (χ1) is 6.63. The van der Waals surface area contributed by atoms with E-state index in [0.717, 1.165) is 12.1 Å². The molecule has 1 rings (SSSR count). The normalized spacial score (nSPS) is 20.5. The summed E-state index contributed by atoms with van der Waals surface area (Å²) in [5.74, 6) is 0.412. The van der Waals surface area contributed by atoms with E-state index in [9.17, 15) is 0 Å². The van der Waals surface area contributed by atoms with Crippen LogP contribution in [0.4, 0.5) is 0 Å². The lowest BCUT2D eigenvalue weighted by molar-refractivity contribution is 0.594. The third-order valence-corrected chi connectivity index (χ3v) is 2.25. The molecule has 1 atom stereocenters. The Balaban J connectivity index is 2.62. The van der Waals surface area contributed by atoms with Crippen LogP contribution >= 0.6 is 0 Å². The van der Waals surface area contributed by atoms with Gasteiger partial charge < -0.3 is 5.32 Å². The van der Waals surface area contributed by atoms with Crippen molar-refractivity contribution in [2.24, 2.45) is 5.92 Å². The zero-order valence-corrected chi connectivity index (χ0v) is 9.09. The highest BCUT2D eigenvalue weighted by atomic mass is 14.9. The third-order valence-electron chi connectivity index (χ3n) is 2.25. The van der Waals surface area contributed by atoms with E-state index in [0.29, 0.717) is 12.0 Å². The summed E-state index contributed by atoms with van der Waals surface area (Å²) in [6, 6.07) is 0.453. The second-order valence-corrected chi connectivity index (χ2v) is 3.94. The monoisotopic (exact) mass is 189 g/mol. The van der Waals surface area contributed by atoms with Crippen LogP contribution in [0, 0.1) is 5.92 Å². The molecule has 0 aromatic heterocycles. The van der Waals surface area contributed by atoms with E-state index in [4.69, 9.17) is 0 Å². The Morgan fingerprint density at radius 1 is 1.64 bits per heavy atom. The highest BCUT2D eigenvalue weighted by Gasteiger charge is 2.11. The highest BCUT2D eigenvalue weighted by molar-refractivity contribution is 5.35. The van der Waals surface area contributed by atoms with Gasteiger partial charge in [0.15, 0.2) is 0 Å². The van der Waals surface area contributed by atoms with Crippen molar-refractivity contribution in [3.8, 4) is 0 Å². The minimum absolute atomic E-state index is 0.412. The number of nitrogens with one attached hydrogen (secondary N) is 1. The molecule has 1 N–H and O–H groups in total. The number of hydrogen-bond donors (Lipinski definition) is 1. The van der Waals surface area contributed by atoms with Crippen LogP contribution in [0.1, 0.15) is 20.3 Å². The van der Waals surface area contributed by atoms with E-state index in [1.54, 1.807) is 0 Å². The predicted octanol–water partition coefficient (Wildman–Crippen LogP) is 3.19. The maximum atomic E-state index is 4.06. The largest absolute Gasteiger partial charge is 0.386 e. The summed E-state index contributed by atoms with van der Waals surface area (Å²) < 4.78 is 0. The zero-order valence-electron chi connectivity index (χ0n) is 9.09. The summed E-state index contributed by atoms with van der Waals surface area (Å²) in [6.45, 7) is 12.1. The van der Waals surface area contributed by atoms with E-state index < -0.39 is 0 Å². The van der Waals surface area contributed by atoms with Gasteiger partial charge in [-0.2, -0.15) is 0 Å². The average molecular weight is 189 g/mol. The van der Waals surface area contributed by atoms with E-state index in [-0.39, 0.29) is 0 Å². The van der Waals surface area contributed by atoms with Crippen molar-refractivity contribution in [3.63, 3.8) is 0 Å². The fourth-order valence-corrected chi connectivity index (χ4v) is 1.56. The lowest BCUT2D eigenvalue weighted by atomic mass is 9.93. The van der Waals surface area contributed by atoms with Gasteiger partial charge in [0.2, 0.25) is 0 Å². The zero-order chi connectivity index (χ0) is 10.6. The van der Waals surface area contributed by atoms with Crippen molar-refractivity contribution in [3.05, 3.63) is 48.7 Å². The quantitative estimate of drug-likeness (QED) is 0.716. The molecule has 0 fully saturated rings. The minimum Gasteiger partial charge on any atom is -0.386 e. The molecule has 1 nitrogen and oxygen atoms in total. The van der Waals surface area contributed by atoms with Crippen LogP contribution in [-0.2, 0) is 0 Å². The molecule has 0 radical (unpaired) electrons. The Labute approximate surface area is 86.9 Å². The summed E-state index contributed by atoms with van der Waals surface area (Å²) >= 11 is 0. The third kappa shape index (κ3) is 2.91. The fourth-order valence-electron chi connectivity index (χ4n) is 1.56. The van der Waals surface area contributed by atoms with Gasteiger partial charge in [-0.15, -0.1) is 0 Å². The van der Waals surface area contributed by atoms with Crippen molar-refractivity contribution in [2.45, 2.75) is 26.3 Å². The average Bonchev–Trinajstić information content (AvgIpc) is 2.17. The lowest BCUT2D eigenvalue weighted by Crippen LogP contribution is -2.25. The van der Waals surface area contributed by atoms with Crippen molar-refractivity contribution < 1.29 is 0 Å². The van der Waals surface area contributed by atoms with Gasteiger partial charge in [0.05, 0.1) is 0 Å². The molecule has 0 aromatic carbocycles. The van der Waals surface area contributed by atoms with Gasteiger partial charge >= 0.3 is 0 Å². The summed E-state index contributed by atoms with van der Waals surface area (Å²) in [5.41, 5.74) is 2.29. The molecule has 0 spiro atoms. The van der Waals surface area contributed by atoms with Crippen molar-refractivity contribution in [1.29, 1.82) is 0 Å². The molecule has 1 aliphatic rings. The summed E-state index contributed by atoms with van der Waals surface area (Å²) in [5, 5.41) is 3.35. The van der Waals surface area contributed by atoms with Crippen LogP contribution in [0.2, 0.25) is 0 Å². The molecule has 0 saturated heterocycles. The SMILES string of the molecule is C=CC1=CC(C(=C)NC(C)C)CC=C1. The van der Waals surface area contributed by atoms with E-state index in [1.807, 2.05) is 6.08 Å². The number of rotatable bonds is 4. The fraction of sp³-hybridized carbons (Fsp3) is 0.385. The Hall–Kier alpha value is -1.24. The second kappa shape index (κ2) is 4.85. The molecule has 0 aromatic rings. The number of hydrogen-bond acceptors (Lipinski definition) is 1. The Morgan fingerprint density at radius 2 is 2.36 bits per heavy atom. The molecule has 1 heteroatoms. The van der Waals surface area contributed by atoms with Crippen LogP contribution in [0.25, 0.3) is 0 Å². The standard InChI is InChI=1S/C13H19N/c1-5-12-7-6-8-13(9-12)11(4)14-10(2)3/h5-7,9-10,13-14H,1,4,8H2,2-3H3. The molecule has 1 aliphatic carbocycles. The molecule has 14 heavy (non-hydrogen) atoms. The van der Waals surface area contributed by atoms with Gasteiger partial charge in [0.1, 0.15) is 0 Å². The van der Waals surface area contributed by atoms with E-state index in [2.05, 4.69) is 50.6 Å². The first-order valence-corrected chi connectivity index (χ1v) is 5.09. The molecular formula is C13H19N. The van der Waals surface area contributed by atoms with Gasteiger partial charge in [0, 0.05) is 17.7 Å². The van der Waals surface area contributed by atoms with E-state index >= 15 is 0 Å². The molecule has 0 saturated carbocycles. The predicted molar refractivity (Wildman–Crippen MR) is 62.9 cm³/mol. The first-order valence-electron chi connectivity index (χ1n) is 5.09. The maximum Gasteiger partial charge on any atom is 0.0204 e. The molecule has 0 heterocycles. The van der Waals surface area contributed by atoms with Crippen molar-refractivity contribution in [2.75, 3.05) is 0 Å². The molecule has 0 aliphatic heterocycles. The van der Waals surface area contributed by atoms with Crippen LogP contribution in [-0.4, -0.2) is 6.04 Å². The summed E-state index contributed by atoms with van der Waals surface area (Å²) in [7, 11) is 0. The number of allylic oxidation sites excluding steroid dienone is 5. The maximum absolute atomic E-state index is 4.06. The summed E-state index contributed by atoms with van der Waals surface area (Å²) in [4.78, 5) is 0. The Morgan fingerprint density at radius 3 is 2.93 bits per heavy atom. The Kier molecular flexibility index (Phi) is 3.75. The van der Waals surface area contributed by atoms with Gasteiger partial charge in [-0.05, 0) is 25.8 Å². The van der Waals surface area contributed by atoms with E-state index in [1.165, 1.54) is 5.57 Å². The van der Waals surface area contributed by atoms with Gasteiger partial charge in [-0.1, -0.05) is 37.5 Å². The molecular weight excluding hydrogens is 170 g/mol. The van der Waals surface area contributed by atoms with Crippen LogP contribution in [0.5, 0.6) is 0 Å². The summed E-state index contributed by atoms with van der Waals surface area (Å²) in [6.07, 6.45) is 9.41. The van der Waals surface area contributed by atoms with Gasteiger partial charge in [-0.25, -0.2) is 0 Å². The Bertz CT molecular complexity index is 282.